The third kappa shape index (κ3) is 3.79. The van der Waals surface area contributed by atoms with Crippen LogP contribution in [0.25, 0.3) is 12.2 Å². The van der Waals surface area contributed by atoms with Gasteiger partial charge in [-0.05, 0) is 11.1 Å². The van der Waals surface area contributed by atoms with E-state index in [2.05, 4.69) is 36.4 Å². The number of benzene rings is 2. The summed E-state index contributed by atoms with van der Waals surface area (Å²) >= 11 is 0. The Kier molecular flexibility index (Phi) is 4.97. The maximum atomic E-state index is 2.12. The molecule has 0 amide bonds. The Balaban J connectivity index is 0.00000112. The van der Waals surface area contributed by atoms with Crippen LogP contribution in [0, 0.1) is 0 Å². The average Bonchev–Trinajstić information content (AvgIpc) is 2.29. The molecule has 0 atom stereocenters. The molecule has 0 saturated heterocycles. The first-order chi connectivity index (χ1) is 6.95. The zero-order valence-electron chi connectivity index (χ0n) is 8.93. The van der Waals surface area contributed by atoms with Gasteiger partial charge in [-0.2, -0.15) is 0 Å². The summed E-state index contributed by atoms with van der Waals surface area (Å²) in [5, 5.41) is 0. The maximum absolute atomic E-state index is 2.12. The summed E-state index contributed by atoms with van der Waals surface area (Å²) in [5.74, 6) is 0. The van der Waals surface area contributed by atoms with Crippen LogP contribution in [-0.4, -0.2) is 0 Å². The molecule has 0 nitrogen and oxygen atoms in total. The largest absolute Gasteiger partial charge is 1.00 e. The van der Waals surface area contributed by atoms with Crippen molar-refractivity contribution in [2.24, 2.45) is 0 Å². The van der Waals surface area contributed by atoms with Crippen molar-refractivity contribution in [1.29, 1.82) is 0 Å². The molecule has 0 aromatic heterocycles. The summed E-state index contributed by atoms with van der Waals surface area (Å²) in [7, 11) is 0. The summed E-state index contributed by atoms with van der Waals surface area (Å²) < 4.78 is 0. The Morgan fingerprint density at radius 1 is 0.533 bits per heavy atom. The van der Waals surface area contributed by atoms with Gasteiger partial charge < -0.3 is 0 Å². The van der Waals surface area contributed by atoms with Gasteiger partial charge in [-0.25, -0.2) is 0 Å². The normalized spacial score (nSPS) is 9.87. The molecule has 0 aliphatic heterocycles. The quantitative estimate of drug-likeness (QED) is 0.483. The molecule has 0 spiro atoms. The van der Waals surface area contributed by atoms with Gasteiger partial charge >= 0.3 is 18.9 Å². The van der Waals surface area contributed by atoms with Crippen molar-refractivity contribution in [3.63, 3.8) is 0 Å². The Morgan fingerprint density at radius 3 is 1.20 bits per heavy atom. The smallest absolute Gasteiger partial charge is 0.0622 e. The van der Waals surface area contributed by atoms with E-state index in [0.717, 1.165) is 0 Å². The van der Waals surface area contributed by atoms with Crippen molar-refractivity contribution in [3.8, 4) is 0 Å². The molecular formula is C14H12Li+. The molecule has 2 aromatic carbocycles. The standard InChI is InChI=1S/C14H12.Li/c1-3-7-13(8-4-1)11-12-14-9-5-2-6-10-14;/h1-12H;/q;+1/b12-11+;. The second-order valence-electron chi connectivity index (χ2n) is 3.15. The van der Waals surface area contributed by atoms with Crippen LogP contribution in [-0.2, 0) is 0 Å². The molecule has 68 valence electrons. The van der Waals surface area contributed by atoms with E-state index in [1.54, 1.807) is 0 Å². The molecule has 2 rings (SSSR count). The van der Waals surface area contributed by atoms with Crippen LogP contribution in [0.1, 0.15) is 11.1 Å². The van der Waals surface area contributed by atoms with Crippen molar-refractivity contribution in [3.05, 3.63) is 71.8 Å². The molecular weight excluding hydrogens is 175 g/mol. The van der Waals surface area contributed by atoms with Gasteiger partial charge in [0.1, 0.15) is 0 Å². The van der Waals surface area contributed by atoms with Crippen LogP contribution in [0.2, 0.25) is 0 Å². The summed E-state index contributed by atoms with van der Waals surface area (Å²) in [6.07, 6.45) is 4.24. The van der Waals surface area contributed by atoms with Gasteiger partial charge in [-0.3, -0.25) is 0 Å². The molecule has 0 radical (unpaired) electrons. The SMILES string of the molecule is C(=C\c1ccccc1)/c1ccccc1.[Li+]. The van der Waals surface area contributed by atoms with Crippen molar-refractivity contribution in [2.75, 3.05) is 0 Å². The predicted molar refractivity (Wildman–Crippen MR) is 61.8 cm³/mol. The second kappa shape index (κ2) is 6.30. The third-order valence-electron chi connectivity index (χ3n) is 2.07. The zero-order valence-corrected chi connectivity index (χ0v) is 8.93. The Labute approximate surface area is 103 Å². The molecule has 0 aliphatic carbocycles. The van der Waals surface area contributed by atoms with E-state index in [9.17, 15) is 0 Å². The second-order valence-corrected chi connectivity index (χ2v) is 3.15. The molecule has 0 heterocycles. The van der Waals surface area contributed by atoms with E-state index >= 15 is 0 Å². The first-order valence-corrected chi connectivity index (χ1v) is 4.73. The molecule has 15 heavy (non-hydrogen) atoms. The fourth-order valence-corrected chi connectivity index (χ4v) is 1.32. The number of hydrogen-bond donors (Lipinski definition) is 0. The van der Waals surface area contributed by atoms with Crippen LogP contribution in [0.3, 0.4) is 0 Å². The first-order valence-electron chi connectivity index (χ1n) is 4.73. The molecule has 0 unspecified atom stereocenters. The Hall–Kier alpha value is -1.22. The van der Waals surface area contributed by atoms with Gasteiger partial charge in [0.25, 0.3) is 0 Å². The first kappa shape index (κ1) is 11.8. The van der Waals surface area contributed by atoms with Gasteiger partial charge in [0.15, 0.2) is 0 Å². The van der Waals surface area contributed by atoms with Gasteiger partial charge in [0, 0.05) is 0 Å². The predicted octanol–water partition coefficient (Wildman–Crippen LogP) is 0.861. The van der Waals surface area contributed by atoms with E-state index in [0.29, 0.717) is 0 Å². The molecule has 0 fully saturated rings. The topological polar surface area (TPSA) is 0 Å². The molecule has 0 bridgehead atoms. The molecule has 2 aromatic rings. The Morgan fingerprint density at radius 2 is 0.867 bits per heavy atom. The minimum Gasteiger partial charge on any atom is -0.0622 e. The van der Waals surface area contributed by atoms with E-state index < -0.39 is 0 Å². The summed E-state index contributed by atoms with van der Waals surface area (Å²) in [6.45, 7) is 0. The molecule has 1 heteroatoms. The van der Waals surface area contributed by atoms with Crippen molar-refractivity contribution in [2.45, 2.75) is 0 Å². The third-order valence-corrected chi connectivity index (χ3v) is 2.07. The zero-order chi connectivity index (χ0) is 9.64. The molecule has 0 aliphatic rings. The van der Waals surface area contributed by atoms with Crippen LogP contribution in [0.15, 0.2) is 60.7 Å². The van der Waals surface area contributed by atoms with Crippen LogP contribution in [0.4, 0.5) is 0 Å². The van der Waals surface area contributed by atoms with Crippen molar-refractivity contribution < 1.29 is 18.9 Å². The Bertz CT molecular complexity index is 362. The van der Waals surface area contributed by atoms with Crippen LogP contribution < -0.4 is 18.9 Å². The monoisotopic (exact) mass is 187 g/mol. The van der Waals surface area contributed by atoms with E-state index in [1.807, 2.05) is 36.4 Å². The van der Waals surface area contributed by atoms with Gasteiger partial charge in [0.05, 0.1) is 0 Å². The van der Waals surface area contributed by atoms with E-state index in [1.165, 1.54) is 11.1 Å². The summed E-state index contributed by atoms with van der Waals surface area (Å²) in [5.41, 5.74) is 2.47. The van der Waals surface area contributed by atoms with Crippen molar-refractivity contribution >= 4 is 12.2 Å². The maximum Gasteiger partial charge on any atom is 1.00 e. The number of rotatable bonds is 2. The fraction of sp³-hybridized carbons (Fsp3) is 0. The van der Waals surface area contributed by atoms with Crippen LogP contribution >= 0.6 is 0 Å². The fourth-order valence-electron chi connectivity index (χ4n) is 1.32. The van der Waals surface area contributed by atoms with Crippen LogP contribution in [0.5, 0.6) is 0 Å². The summed E-state index contributed by atoms with van der Waals surface area (Å²) in [4.78, 5) is 0. The van der Waals surface area contributed by atoms with E-state index in [4.69, 9.17) is 0 Å². The minimum atomic E-state index is 0. The van der Waals surface area contributed by atoms with Gasteiger partial charge in [0.2, 0.25) is 0 Å². The average molecular weight is 187 g/mol. The minimum absolute atomic E-state index is 0. The molecule has 0 saturated carbocycles. The van der Waals surface area contributed by atoms with Crippen molar-refractivity contribution in [1.82, 2.24) is 0 Å². The van der Waals surface area contributed by atoms with Gasteiger partial charge in [-0.15, -0.1) is 0 Å². The summed E-state index contributed by atoms with van der Waals surface area (Å²) in [6, 6.07) is 20.6. The van der Waals surface area contributed by atoms with Gasteiger partial charge in [-0.1, -0.05) is 72.8 Å². The number of hydrogen-bond acceptors (Lipinski definition) is 0. The van der Waals surface area contributed by atoms with E-state index in [-0.39, 0.29) is 18.9 Å². The molecule has 0 N–H and O–H groups in total.